The molecule has 0 spiro atoms. The van der Waals surface area contributed by atoms with Crippen molar-refractivity contribution >= 4 is 17.2 Å². The summed E-state index contributed by atoms with van der Waals surface area (Å²) in [6.45, 7) is 1.91. The van der Waals surface area contributed by atoms with Crippen molar-refractivity contribution in [1.82, 2.24) is 5.48 Å². The summed E-state index contributed by atoms with van der Waals surface area (Å²) in [4.78, 5) is 5.21. The fourth-order valence-electron chi connectivity index (χ4n) is 1.28. The van der Waals surface area contributed by atoms with Crippen LogP contribution in [0.2, 0.25) is 0 Å². The lowest BCUT2D eigenvalue weighted by Crippen LogP contribution is -2.11. The molecule has 2 aromatic heterocycles. The predicted octanol–water partition coefficient (Wildman–Crippen LogP) is 2.57. The van der Waals surface area contributed by atoms with Gasteiger partial charge in [-0.05, 0) is 13.0 Å². The molecule has 0 unspecified atom stereocenters. The Balaban J connectivity index is 2.57. The first-order valence-electron chi connectivity index (χ1n) is 4.33. The van der Waals surface area contributed by atoms with Crippen LogP contribution < -0.4 is 10.3 Å². The Kier molecular flexibility index (Phi) is 2.28. The SMILES string of the molecule is C/C=C/c1oc2ccoc2c1ONC. The largest absolute Gasteiger partial charge is 0.457 e. The molecule has 1 N–H and O–H groups in total. The van der Waals surface area contributed by atoms with Crippen LogP contribution in [0.15, 0.2) is 27.2 Å². The quantitative estimate of drug-likeness (QED) is 0.761. The van der Waals surface area contributed by atoms with E-state index in [1.165, 1.54) is 0 Å². The Morgan fingerprint density at radius 3 is 3.07 bits per heavy atom. The lowest BCUT2D eigenvalue weighted by molar-refractivity contribution is 0.220. The summed E-state index contributed by atoms with van der Waals surface area (Å²) in [5.41, 5.74) is 3.90. The lowest BCUT2D eigenvalue weighted by Gasteiger charge is -1.98. The molecular weight excluding hydrogens is 182 g/mol. The maximum Gasteiger partial charge on any atom is 0.235 e. The van der Waals surface area contributed by atoms with Crippen LogP contribution in [-0.2, 0) is 0 Å². The molecule has 0 fully saturated rings. The Labute approximate surface area is 81.1 Å². The first-order chi connectivity index (χ1) is 6.86. The minimum atomic E-state index is 0.575. The van der Waals surface area contributed by atoms with Crippen molar-refractivity contribution < 1.29 is 13.7 Å². The van der Waals surface area contributed by atoms with E-state index in [9.17, 15) is 0 Å². The van der Waals surface area contributed by atoms with E-state index in [1.54, 1.807) is 19.4 Å². The van der Waals surface area contributed by atoms with E-state index in [-0.39, 0.29) is 0 Å². The normalized spacial score (nSPS) is 11.6. The van der Waals surface area contributed by atoms with Gasteiger partial charge in [-0.2, -0.15) is 5.48 Å². The Hall–Kier alpha value is -1.68. The van der Waals surface area contributed by atoms with Gasteiger partial charge < -0.3 is 13.7 Å². The van der Waals surface area contributed by atoms with Crippen molar-refractivity contribution in [2.75, 3.05) is 7.05 Å². The van der Waals surface area contributed by atoms with Crippen LogP contribution in [-0.4, -0.2) is 7.05 Å². The third-order valence-electron chi connectivity index (χ3n) is 1.80. The van der Waals surface area contributed by atoms with Gasteiger partial charge in [0.25, 0.3) is 0 Å². The first kappa shape index (κ1) is 8.90. The third kappa shape index (κ3) is 1.29. The molecular formula is C10H11NO3. The van der Waals surface area contributed by atoms with Crippen LogP contribution in [0.5, 0.6) is 5.75 Å². The molecule has 0 aromatic carbocycles. The molecule has 74 valence electrons. The highest BCUT2D eigenvalue weighted by molar-refractivity contribution is 5.82. The van der Waals surface area contributed by atoms with Gasteiger partial charge in [0.15, 0.2) is 11.3 Å². The van der Waals surface area contributed by atoms with Gasteiger partial charge in [-0.25, -0.2) is 0 Å². The van der Waals surface area contributed by atoms with E-state index in [4.69, 9.17) is 13.7 Å². The maximum absolute atomic E-state index is 5.49. The molecule has 2 rings (SSSR count). The van der Waals surface area contributed by atoms with Gasteiger partial charge in [0.05, 0.1) is 6.26 Å². The standard InChI is InChI=1S/C10H11NO3/c1-3-4-7-10(14-11-2)9-8(13-7)5-6-12-9/h3-6,11H,1-2H3/b4-3+. The van der Waals surface area contributed by atoms with E-state index in [1.807, 2.05) is 19.1 Å². The van der Waals surface area contributed by atoms with Crippen LogP contribution in [0.3, 0.4) is 0 Å². The van der Waals surface area contributed by atoms with E-state index in [2.05, 4.69) is 5.48 Å². The van der Waals surface area contributed by atoms with Gasteiger partial charge >= 0.3 is 0 Å². The number of fused-ring (bicyclic) bond motifs is 1. The number of hydrogen-bond donors (Lipinski definition) is 1. The van der Waals surface area contributed by atoms with Crippen molar-refractivity contribution in [2.45, 2.75) is 6.92 Å². The first-order valence-corrected chi connectivity index (χ1v) is 4.33. The predicted molar refractivity (Wildman–Crippen MR) is 52.9 cm³/mol. The highest BCUT2D eigenvalue weighted by atomic mass is 16.7. The zero-order valence-corrected chi connectivity index (χ0v) is 8.03. The van der Waals surface area contributed by atoms with Crippen LogP contribution in [0.25, 0.3) is 17.2 Å². The van der Waals surface area contributed by atoms with Crippen LogP contribution in [0.1, 0.15) is 12.7 Å². The summed E-state index contributed by atoms with van der Waals surface area (Å²) < 4.78 is 10.7. The molecule has 0 atom stereocenters. The molecule has 0 saturated carbocycles. The Morgan fingerprint density at radius 1 is 1.50 bits per heavy atom. The summed E-state index contributed by atoms with van der Waals surface area (Å²) >= 11 is 0. The van der Waals surface area contributed by atoms with E-state index in [0.717, 1.165) is 0 Å². The van der Waals surface area contributed by atoms with Crippen molar-refractivity contribution in [3.8, 4) is 5.75 Å². The summed E-state index contributed by atoms with van der Waals surface area (Å²) in [7, 11) is 1.68. The summed E-state index contributed by atoms with van der Waals surface area (Å²) in [5.74, 6) is 1.22. The average molecular weight is 193 g/mol. The molecule has 0 aliphatic carbocycles. The number of rotatable bonds is 3. The van der Waals surface area contributed by atoms with Gasteiger partial charge in [-0.15, -0.1) is 0 Å². The van der Waals surface area contributed by atoms with Crippen LogP contribution >= 0.6 is 0 Å². The minimum absolute atomic E-state index is 0.575. The zero-order valence-electron chi connectivity index (χ0n) is 8.03. The number of nitrogens with one attached hydrogen (secondary N) is 1. The molecule has 0 amide bonds. The van der Waals surface area contributed by atoms with Crippen molar-refractivity contribution in [3.63, 3.8) is 0 Å². The fourth-order valence-corrected chi connectivity index (χ4v) is 1.28. The van der Waals surface area contributed by atoms with E-state index in [0.29, 0.717) is 22.7 Å². The van der Waals surface area contributed by atoms with Crippen molar-refractivity contribution in [2.24, 2.45) is 0 Å². The topological polar surface area (TPSA) is 47.5 Å². The molecule has 4 nitrogen and oxygen atoms in total. The number of hydrogen-bond acceptors (Lipinski definition) is 4. The van der Waals surface area contributed by atoms with E-state index < -0.39 is 0 Å². The van der Waals surface area contributed by atoms with Gasteiger partial charge in [0.2, 0.25) is 11.3 Å². The molecule has 2 heterocycles. The van der Waals surface area contributed by atoms with Crippen molar-refractivity contribution in [1.29, 1.82) is 0 Å². The molecule has 2 aromatic rings. The second-order valence-electron chi connectivity index (χ2n) is 2.72. The van der Waals surface area contributed by atoms with Gasteiger partial charge in [-0.3, -0.25) is 0 Å². The monoisotopic (exact) mass is 193 g/mol. The number of allylic oxidation sites excluding steroid dienone is 1. The lowest BCUT2D eigenvalue weighted by atomic mass is 10.3. The second kappa shape index (κ2) is 3.59. The minimum Gasteiger partial charge on any atom is -0.457 e. The van der Waals surface area contributed by atoms with Crippen LogP contribution in [0, 0.1) is 0 Å². The average Bonchev–Trinajstić information content (AvgIpc) is 2.71. The van der Waals surface area contributed by atoms with Crippen molar-refractivity contribution in [3.05, 3.63) is 24.2 Å². The second-order valence-corrected chi connectivity index (χ2v) is 2.72. The fraction of sp³-hybridized carbons (Fsp3) is 0.200. The maximum atomic E-state index is 5.49. The molecule has 0 radical (unpaired) electrons. The molecule has 0 bridgehead atoms. The molecule has 4 heteroatoms. The molecule has 0 aliphatic heterocycles. The Morgan fingerprint density at radius 2 is 2.36 bits per heavy atom. The molecule has 14 heavy (non-hydrogen) atoms. The van der Waals surface area contributed by atoms with Crippen LogP contribution in [0.4, 0.5) is 0 Å². The van der Waals surface area contributed by atoms with Gasteiger partial charge in [-0.1, -0.05) is 6.08 Å². The summed E-state index contributed by atoms with van der Waals surface area (Å²) in [5, 5.41) is 0. The highest BCUT2D eigenvalue weighted by Crippen LogP contribution is 2.34. The molecule has 0 saturated heterocycles. The number of furan rings is 2. The summed E-state index contributed by atoms with van der Waals surface area (Å²) in [6.07, 6.45) is 5.26. The smallest absolute Gasteiger partial charge is 0.235 e. The van der Waals surface area contributed by atoms with Gasteiger partial charge in [0, 0.05) is 13.1 Å². The van der Waals surface area contributed by atoms with E-state index >= 15 is 0 Å². The highest BCUT2D eigenvalue weighted by Gasteiger charge is 2.16. The molecule has 0 aliphatic rings. The third-order valence-corrected chi connectivity index (χ3v) is 1.80. The number of hydroxylamine groups is 1. The van der Waals surface area contributed by atoms with Gasteiger partial charge in [0.1, 0.15) is 0 Å². The Bertz CT molecular complexity index is 453. The zero-order chi connectivity index (χ0) is 9.97. The summed E-state index contributed by atoms with van der Waals surface area (Å²) in [6, 6.07) is 1.75.